The fourth-order valence-corrected chi connectivity index (χ4v) is 2.42. The van der Waals surface area contributed by atoms with Crippen LogP contribution in [0.25, 0.3) is 0 Å². The summed E-state index contributed by atoms with van der Waals surface area (Å²) in [4.78, 5) is 21.6. The summed E-state index contributed by atoms with van der Waals surface area (Å²) < 4.78 is 5.31. The summed E-state index contributed by atoms with van der Waals surface area (Å²) in [7, 11) is 0. The Hall–Kier alpha value is -1.58. The van der Waals surface area contributed by atoms with Gasteiger partial charge in [0.25, 0.3) is 0 Å². The molecule has 24 heavy (non-hydrogen) atoms. The molecule has 1 unspecified atom stereocenters. The van der Waals surface area contributed by atoms with Gasteiger partial charge in [-0.1, -0.05) is 50.8 Å². The molecule has 4 nitrogen and oxygen atoms in total. The van der Waals surface area contributed by atoms with Crippen molar-refractivity contribution in [3.8, 4) is 0 Å². The summed E-state index contributed by atoms with van der Waals surface area (Å²) in [5.41, 5.74) is 0. The van der Waals surface area contributed by atoms with E-state index < -0.39 is 5.97 Å². The van der Waals surface area contributed by atoms with E-state index >= 15 is 0 Å². The van der Waals surface area contributed by atoms with Crippen LogP contribution in [0.4, 0.5) is 0 Å². The van der Waals surface area contributed by atoms with Crippen molar-refractivity contribution in [1.29, 1.82) is 0 Å². The molecule has 0 amide bonds. The van der Waals surface area contributed by atoms with Crippen LogP contribution in [-0.4, -0.2) is 23.1 Å². The van der Waals surface area contributed by atoms with Gasteiger partial charge in [-0.25, -0.2) is 0 Å². The number of allylic oxidation sites excluding steroid dienone is 3. The van der Waals surface area contributed by atoms with Gasteiger partial charge in [0.1, 0.15) is 6.10 Å². The molecular weight excluding hydrogens is 304 g/mol. The number of carbonyl (C=O) groups excluding carboxylic acids is 1. The van der Waals surface area contributed by atoms with Gasteiger partial charge < -0.3 is 9.84 Å². The van der Waals surface area contributed by atoms with E-state index in [1.165, 1.54) is 26.2 Å². The molecule has 0 heterocycles. The molecule has 0 saturated carbocycles. The first-order chi connectivity index (χ1) is 11.6. The average Bonchev–Trinajstić information content (AvgIpc) is 2.52. The van der Waals surface area contributed by atoms with Crippen molar-refractivity contribution in [1.82, 2.24) is 0 Å². The Kier molecular flexibility index (Phi) is 15.2. The first kappa shape index (κ1) is 22.4. The van der Waals surface area contributed by atoms with Crippen molar-refractivity contribution in [2.75, 3.05) is 0 Å². The van der Waals surface area contributed by atoms with Crippen molar-refractivity contribution in [3.05, 3.63) is 24.3 Å². The van der Waals surface area contributed by atoms with E-state index in [1.807, 2.05) is 12.2 Å². The molecular formula is C20H34O4. The standard InChI is InChI=1S/C20H34O4/c1-3-4-5-6-7-8-9-12-15-19(24-18(2)21)16-13-10-11-14-17-20(22)23/h7-8,12,15,19H,3-6,9-11,13-14,16-17H2,1-2H3,(H,22,23)/b8-7-,15-12-. The molecule has 0 radical (unpaired) electrons. The quantitative estimate of drug-likeness (QED) is 0.246. The summed E-state index contributed by atoms with van der Waals surface area (Å²) in [6.45, 7) is 3.63. The lowest BCUT2D eigenvalue weighted by atomic mass is 10.1. The van der Waals surface area contributed by atoms with Gasteiger partial charge in [-0.2, -0.15) is 0 Å². The van der Waals surface area contributed by atoms with Crippen LogP contribution in [0.2, 0.25) is 0 Å². The first-order valence-corrected chi connectivity index (χ1v) is 9.27. The molecule has 0 bridgehead atoms. The van der Waals surface area contributed by atoms with Gasteiger partial charge >= 0.3 is 11.9 Å². The van der Waals surface area contributed by atoms with Crippen LogP contribution >= 0.6 is 0 Å². The fraction of sp³-hybridized carbons (Fsp3) is 0.700. The minimum absolute atomic E-state index is 0.171. The topological polar surface area (TPSA) is 63.6 Å². The highest BCUT2D eigenvalue weighted by Crippen LogP contribution is 2.11. The number of aliphatic carboxylic acids is 1. The number of rotatable bonds is 15. The lowest BCUT2D eigenvalue weighted by molar-refractivity contribution is -0.144. The Morgan fingerprint density at radius 1 is 1.00 bits per heavy atom. The monoisotopic (exact) mass is 338 g/mol. The van der Waals surface area contributed by atoms with E-state index in [4.69, 9.17) is 9.84 Å². The third-order valence-electron chi connectivity index (χ3n) is 3.71. The lowest BCUT2D eigenvalue weighted by Gasteiger charge is -2.12. The smallest absolute Gasteiger partial charge is 0.303 e. The van der Waals surface area contributed by atoms with Gasteiger partial charge in [0, 0.05) is 13.3 Å². The third kappa shape index (κ3) is 16.8. The number of carbonyl (C=O) groups is 2. The number of unbranched alkanes of at least 4 members (excludes halogenated alkanes) is 6. The van der Waals surface area contributed by atoms with E-state index in [2.05, 4.69) is 19.1 Å². The molecule has 0 aliphatic heterocycles. The van der Waals surface area contributed by atoms with Crippen LogP contribution in [0.15, 0.2) is 24.3 Å². The largest absolute Gasteiger partial charge is 0.481 e. The van der Waals surface area contributed by atoms with E-state index in [9.17, 15) is 9.59 Å². The molecule has 0 aliphatic carbocycles. The lowest BCUT2D eigenvalue weighted by Crippen LogP contribution is -2.13. The minimum atomic E-state index is -0.738. The highest BCUT2D eigenvalue weighted by atomic mass is 16.5. The molecule has 0 aromatic rings. The Morgan fingerprint density at radius 3 is 2.42 bits per heavy atom. The van der Waals surface area contributed by atoms with Gasteiger partial charge in [-0.3, -0.25) is 9.59 Å². The van der Waals surface area contributed by atoms with Gasteiger partial charge in [-0.05, 0) is 44.6 Å². The molecule has 138 valence electrons. The summed E-state index contributed by atoms with van der Waals surface area (Å²) in [6.07, 6.45) is 18.5. The Balaban J connectivity index is 3.93. The third-order valence-corrected chi connectivity index (χ3v) is 3.71. The molecule has 0 aromatic heterocycles. The summed E-state index contributed by atoms with van der Waals surface area (Å²) >= 11 is 0. The zero-order chi connectivity index (χ0) is 18.0. The van der Waals surface area contributed by atoms with Crippen molar-refractivity contribution >= 4 is 11.9 Å². The second-order valence-corrected chi connectivity index (χ2v) is 6.13. The Bertz CT molecular complexity index is 385. The van der Waals surface area contributed by atoms with Gasteiger partial charge in [0.05, 0.1) is 0 Å². The van der Waals surface area contributed by atoms with Crippen LogP contribution in [0.5, 0.6) is 0 Å². The maximum Gasteiger partial charge on any atom is 0.303 e. The van der Waals surface area contributed by atoms with Crippen molar-refractivity contribution in [3.63, 3.8) is 0 Å². The SMILES string of the molecule is CCCCC/C=C\C/C=C\C(CCCCCCC(=O)O)OC(C)=O. The maximum atomic E-state index is 11.2. The second-order valence-electron chi connectivity index (χ2n) is 6.13. The number of carboxylic acids is 1. The summed E-state index contributed by atoms with van der Waals surface area (Å²) in [6, 6.07) is 0. The van der Waals surface area contributed by atoms with E-state index in [1.54, 1.807) is 0 Å². The van der Waals surface area contributed by atoms with Gasteiger partial charge in [-0.15, -0.1) is 0 Å². The molecule has 0 rings (SSSR count). The maximum absolute atomic E-state index is 11.2. The van der Waals surface area contributed by atoms with Crippen LogP contribution < -0.4 is 0 Å². The predicted molar refractivity (Wildman–Crippen MR) is 97.9 cm³/mol. The highest BCUT2D eigenvalue weighted by Gasteiger charge is 2.07. The number of carboxylic acid groups (broad SMARTS) is 1. The fourth-order valence-electron chi connectivity index (χ4n) is 2.42. The molecule has 4 heteroatoms. The van der Waals surface area contributed by atoms with E-state index in [-0.39, 0.29) is 18.5 Å². The molecule has 1 N–H and O–H groups in total. The molecule has 0 aliphatic rings. The second kappa shape index (κ2) is 16.3. The van der Waals surface area contributed by atoms with Gasteiger partial charge in [0.2, 0.25) is 0 Å². The van der Waals surface area contributed by atoms with Crippen LogP contribution in [0.1, 0.15) is 84.5 Å². The van der Waals surface area contributed by atoms with Crippen molar-refractivity contribution < 1.29 is 19.4 Å². The van der Waals surface area contributed by atoms with Crippen LogP contribution in [-0.2, 0) is 14.3 Å². The molecule has 0 aromatic carbocycles. The molecule has 0 spiro atoms. The summed E-state index contributed by atoms with van der Waals surface area (Å²) in [5.74, 6) is -0.996. The Morgan fingerprint density at radius 2 is 1.75 bits per heavy atom. The summed E-state index contributed by atoms with van der Waals surface area (Å²) in [5, 5.41) is 8.59. The number of esters is 1. The van der Waals surface area contributed by atoms with E-state index in [0.29, 0.717) is 6.42 Å². The number of ether oxygens (including phenoxy) is 1. The molecule has 0 saturated heterocycles. The van der Waals surface area contributed by atoms with Crippen molar-refractivity contribution in [2.24, 2.45) is 0 Å². The number of hydrogen-bond donors (Lipinski definition) is 1. The molecule has 0 fully saturated rings. The van der Waals surface area contributed by atoms with Crippen molar-refractivity contribution in [2.45, 2.75) is 90.6 Å². The van der Waals surface area contributed by atoms with Crippen LogP contribution in [0.3, 0.4) is 0 Å². The molecule has 1 atom stereocenters. The number of hydrogen-bond acceptors (Lipinski definition) is 3. The van der Waals surface area contributed by atoms with Gasteiger partial charge in [0.15, 0.2) is 0 Å². The normalized spacial score (nSPS) is 12.8. The highest BCUT2D eigenvalue weighted by molar-refractivity contribution is 5.66. The zero-order valence-electron chi connectivity index (χ0n) is 15.3. The zero-order valence-corrected chi connectivity index (χ0v) is 15.3. The Labute approximate surface area is 147 Å². The average molecular weight is 338 g/mol. The predicted octanol–water partition coefficient (Wildman–Crippen LogP) is 5.43. The van der Waals surface area contributed by atoms with Crippen LogP contribution in [0, 0.1) is 0 Å². The minimum Gasteiger partial charge on any atom is -0.481 e. The van der Waals surface area contributed by atoms with E-state index in [0.717, 1.165) is 38.5 Å². The first-order valence-electron chi connectivity index (χ1n) is 9.27.